The van der Waals surface area contributed by atoms with Crippen LogP contribution in [-0.2, 0) is 0 Å². The standard InChI is InChI=1S/C15H13NO2/c16-13-6-4-12(5-7-13)15(18)10-3-11-1-8-14(17)9-2-11/h1-10,17H,16H2/b10-3+. The molecule has 0 saturated carbocycles. The molecular weight excluding hydrogens is 226 g/mol. The van der Waals surface area contributed by atoms with Gasteiger partial charge in [0.2, 0.25) is 0 Å². The Morgan fingerprint density at radius 1 is 1.00 bits per heavy atom. The number of allylic oxidation sites excluding steroid dienone is 1. The van der Waals surface area contributed by atoms with Crippen molar-refractivity contribution in [1.29, 1.82) is 0 Å². The predicted molar refractivity (Wildman–Crippen MR) is 72.3 cm³/mol. The van der Waals surface area contributed by atoms with Crippen LogP contribution >= 0.6 is 0 Å². The summed E-state index contributed by atoms with van der Waals surface area (Å²) in [7, 11) is 0. The van der Waals surface area contributed by atoms with Gasteiger partial charge in [0.25, 0.3) is 0 Å². The van der Waals surface area contributed by atoms with E-state index in [0.29, 0.717) is 11.3 Å². The first kappa shape index (κ1) is 11.9. The first-order valence-corrected chi connectivity index (χ1v) is 5.52. The van der Waals surface area contributed by atoms with Crippen molar-refractivity contribution in [3.05, 3.63) is 65.7 Å². The molecule has 3 N–H and O–H groups in total. The fourth-order valence-electron chi connectivity index (χ4n) is 1.50. The molecule has 3 heteroatoms. The Hall–Kier alpha value is -2.55. The summed E-state index contributed by atoms with van der Waals surface area (Å²) in [5.74, 6) is 0.125. The van der Waals surface area contributed by atoms with Crippen molar-refractivity contribution in [1.82, 2.24) is 0 Å². The van der Waals surface area contributed by atoms with Crippen LogP contribution in [0.4, 0.5) is 5.69 Å². The highest BCUT2D eigenvalue weighted by Crippen LogP contribution is 2.12. The molecule has 0 amide bonds. The number of hydrogen-bond donors (Lipinski definition) is 2. The average Bonchev–Trinajstić information content (AvgIpc) is 2.38. The summed E-state index contributed by atoms with van der Waals surface area (Å²) in [6.07, 6.45) is 3.20. The van der Waals surface area contributed by atoms with Gasteiger partial charge in [-0.1, -0.05) is 18.2 Å². The highest BCUT2D eigenvalue weighted by Gasteiger charge is 2.00. The van der Waals surface area contributed by atoms with Gasteiger partial charge < -0.3 is 10.8 Å². The number of aromatic hydroxyl groups is 1. The van der Waals surface area contributed by atoms with Gasteiger partial charge in [0, 0.05) is 11.3 Å². The number of benzene rings is 2. The van der Waals surface area contributed by atoms with Gasteiger partial charge in [-0.3, -0.25) is 4.79 Å². The van der Waals surface area contributed by atoms with E-state index in [1.807, 2.05) is 0 Å². The smallest absolute Gasteiger partial charge is 0.185 e. The van der Waals surface area contributed by atoms with Crippen molar-refractivity contribution in [3.63, 3.8) is 0 Å². The predicted octanol–water partition coefficient (Wildman–Crippen LogP) is 2.87. The van der Waals surface area contributed by atoms with E-state index < -0.39 is 0 Å². The first-order valence-electron chi connectivity index (χ1n) is 5.52. The van der Waals surface area contributed by atoms with Crippen molar-refractivity contribution in [2.24, 2.45) is 0 Å². The molecule has 2 rings (SSSR count). The van der Waals surface area contributed by atoms with E-state index in [4.69, 9.17) is 10.8 Å². The molecule has 0 unspecified atom stereocenters. The monoisotopic (exact) mass is 239 g/mol. The lowest BCUT2D eigenvalue weighted by atomic mass is 10.1. The molecular formula is C15H13NO2. The highest BCUT2D eigenvalue weighted by atomic mass is 16.3. The zero-order valence-electron chi connectivity index (χ0n) is 9.71. The van der Waals surface area contributed by atoms with Crippen molar-refractivity contribution >= 4 is 17.5 Å². The third-order valence-electron chi connectivity index (χ3n) is 2.52. The number of carbonyl (C=O) groups excluding carboxylic acids is 1. The summed E-state index contributed by atoms with van der Waals surface area (Å²) in [4.78, 5) is 11.8. The molecule has 0 atom stereocenters. The number of rotatable bonds is 3. The van der Waals surface area contributed by atoms with Crippen LogP contribution in [0.15, 0.2) is 54.6 Å². The lowest BCUT2D eigenvalue weighted by Crippen LogP contribution is -1.94. The van der Waals surface area contributed by atoms with Crippen LogP contribution in [0.3, 0.4) is 0 Å². The van der Waals surface area contributed by atoms with Gasteiger partial charge in [0.15, 0.2) is 5.78 Å². The van der Waals surface area contributed by atoms with Crippen molar-refractivity contribution in [2.75, 3.05) is 5.73 Å². The summed E-state index contributed by atoms with van der Waals surface area (Å²) in [6, 6.07) is 13.4. The molecule has 2 aromatic rings. The minimum atomic E-state index is -0.0805. The molecule has 2 aromatic carbocycles. The van der Waals surface area contributed by atoms with Crippen LogP contribution in [0.1, 0.15) is 15.9 Å². The molecule has 0 aliphatic carbocycles. The Bertz CT molecular complexity index is 568. The number of hydrogen-bond acceptors (Lipinski definition) is 3. The van der Waals surface area contributed by atoms with E-state index in [1.165, 1.54) is 6.08 Å². The van der Waals surface area contributed by atoms with Crippen LogP contribution in [-0.4, -0.2) is 10.9 Å². The van der Waals surface area contributed by atoms with E-state index in [-0.39, 0.29) is 11.5 Å². The van der Waals surface area contributed by atoms with Gasteiger partial charge in [0.05, 0.1) is 0 Å². The van der Waals surface area contributed by atoms with E-state index in [0.717, 1.165) is 5.56 Å². The van der Waals surface area contributed by atoms with Crippen molar-refractivity contribution < 1.29 is 9.90 Å². The second-order valence-corrected chi connectivity index (χ2v) is 3.91. The van der Waals surface area contributed by atoms with E-state index in [1.54, 1.807) is 54.6 Å². The molecule has 90 valence electrons. The largest absolute Gasteiger partial charge is 0.508 e. The van der Waals surface area contributed by atoms with Crippen LogP contribution in [0.25, 0.3) is 6.08 Å². The quantitative estimate of drug-likeness (QED) is 0.492. The maximum Gasteiger partial charge on any atom is 0.185 e. The molecule has 0 aromatic heterocycles. The minimum absolute atomic E-state index is 0.0805. The molecule has 0 radical (unpaired) electrons. The summed E-state index contributed by atoms with van der Waals surface area (Å²) in [5, 5.41) is 9.14. The van der Waals surface area contributed by atoms with E-state index >= 15 is 0 Å². The second kappa shape index (κ2) is 5.19. The average molecular weight is 239 g/mol. The molecule has 0 bridgehead atoms. The molecule has 0 heterocycles. The number of carbonyl (C=O) groups is 1. The van der Waals surface area contributed by atoms with Gasteiger partial charge >= 0.3 is 0 Å². The molecule has 0 aliphatic rings. The van der Waals surface area contributed by atoms with Gasteiger partial charge in [-0.25, -0.2) is 0 Å². The Morgan fingerprint density at radius 2 is 1.61 bits per heavy atom. The molecule has 0 aliphatic heterocycles. The Kier molecular flexibility index (Phi) is 3.44. The molecule has 0 saturated heterocycles. The number of phenolic OH excluding ortho intramolecular Hbond substituents is 1. The van der Waals surface area contributed by atoms with Crippen molar-refractivity contribution in [3.8, 4) is 5.75 Å². The van der Waals surface area contributed by atoms with Gasteiger partial charge in [-0.15, -0.1) is 0 Å². The first-order chi connectivity index (χ1) is 8.65. The molecule has 0 fully saturated rings. The topological polar surface area (TPSA) is 63.3 Å². The lowest BCUT2D eigenvalue weighted by Gasteiger charge is -1.97. The van der Waals surface area contributed by atoms with Crippen LogP contribution in [0.2, 0.25) is 0 Å². The molecule has 0 spiro atoms. The Labute approximate surface area is 105 Å². The van der Waals surface area contributed by atoms with Crippen LogP contribution in [0.5, 0.6) is 5.75 Å². The summed E-state index contributed by atoms with van der Waals surface area (Å²) in [5.41, 5.74) is 7.64. The zero-order valence-corrected chi connectivity index (χ0v) is 9.71. The lowest BCUT2D eigenvalue weighted by molar-refractivity contribution is 0.104. The number of anilines is 1. The highest BCUT2D eigenvalue weighted by molar-refractivity contribution is 6.06. The van der Waals surface area contributed by atoms with Crippen LogP contribution in [0, 0.1) is 0 Å². The normalized spacial score (nSPS) is 10.7. The van der Waals surface area contributed by atoms with Gasteiger partial charge in [-0.2, -0.15) is 0 Å². The maximum atomic E-state index is 11.8. The van der Waals surface area contributed by atoms with Gasteiger partial charge in [0.1, 0.15) is 5.75 Å². The van der Waals surface area contributed by atoms with Crippen LogP contribution < -0.4 is 5.73 Å². The number of ketones is 1. The Morgan fingerprint density at radius 3 is 2.22 bits per heavy atom. The maximum absolute atomic E-state index is 11.8. The fraction of sp³-hybridized carbons (Fsp3) is 0. The second-order valence-electron chi connectivity index (χ2n) is 3.91. The summed E-state index contributed by atoms with van der Waals surface area (Å²) < 4.78 is 0. The fourth-order valence-corrected chi connectivity index (χ4v) is 1.50. The number of nitrogen functional groups attached to an aromatic ring is 1. The minimum Gasteiger partial charge on any atom is -0.508 e. The summed E-state index contributed by atoms with van der Waals surface area (Å²) in [6.45, 7) is 0. The summed E-state index contributed by atoms with van der Waals surface area (Å²) >= 11 is 0. The number of nitrogens with two attached hydrogens (primary N) is 1. The van der Waals surface area contributed by atoms with Crippen molar-refractivity contribution in [2.45, 2.75) is 0 Å². The third kappa shape index (κ3) is 2.98. The number of phenols is 1. The van der Waals surface area contributed by atoms with E-state index in [9.17, 15) is 4.79 Å². The molecule has 3 nitrogen and oxygen atoms in total. The van der Waals surface area contributed by atoms with Gasteiger partial charge in [-0.05, 0) is 48.0 Å². The molecule has 18 heavy (non-hydrogen) atoms. The Balaban J connectivity index is 2.11. The zero-order chi connectivity index (χ0) is 13.0. The SMILES string of the molecule is Nc1ccc(C(=O)/C=C/c2ccc(O)cc2)cc1. The van der Waals surface area contributed by atoms with E-state index in [2.05, 4.69) is 0 Å². The third-order valence-corrected chi connectivity index (χ3v) is 2.52.